The number of hydrogen-bond acceptors (Lipinski definition) is 2. The summed E-state index contributed by atoms with van der Waals surface area (Å²) in [4.78, 5) is 0.913. The number of hydrogen-bond donors (Lipinski definition) is 0. The van der Waals surface area contributed by atoms with Crippen LogP contribution < -0.4 is 0 Å². The Bertz CT molecular complexity index is 527. The van der Waals surface area contributed by atoms with Crippen LogP contribution in [0.15, 0.2) is 18.2 Å². The molecule has 0 saturated heterocycles. The van der Waals surface area contributed by atoms with Gasteiger partial charge in [0.1, 0.15) is 6.07 Å². The molecule has 14 heavy (non-hydrogen) atoms. The molecule has 0 aliphatic heterocycles. The van der Waals surface area contributed by atoms with Gasteiger partial charge in [-0.2, -0.15) is 5.26 Å². The van der Waals surface area contributed by atoms with Crippen molar-refractivity contribution < 1.29 is 4.39 Å². The van der Waals surface area contributed by atoms with Crippen molar-refractivity contribution in [3.8, 4) is 6.07 Å². The van der Waals surface area contributed by atoms with Gasteiger partial charge in [-0.3, -0.25) is 0 Å². The molecule has 0 N–H and O–H groups in total. The number of nitriles is 1. The third kappa shape index (κ3) is 1.37. The van der Waals surface area contributed by atoms with E-state index in [9.17, 15) is 4.39 Å². The maximum atomic E-state index is 13.6. The van der Waals surface area contributed by atoms with E-state index < -0.39 is 5.82 Å². The first-order valence-electron chi connectivity index (χ1n) is 3.93. The zero-order valence-corrected chi connectivity index (χ0v) is 8.62. The van der Waals surface area contributed by atoms with Gasteiger partial charge in [-0.25, -0.2) is 4.39 Å². The Labute approximate surface area is 89.3 Å². The number of nitrogens with zero attached hydrogens (tertiary/aromatic N) is 1. The largest absolute Gasteiger partial charge is 0.204 e. The Balaban J connectivity index is 2.76. The van der Waals surface area contributed by atoms with E-state index in [1.165, 1.54) is 17.4 Å². The smallest absolute Gasteiger partial charge is 0.158 e. The van der Waals surface area contributed by atoms with Crippen LogP contribution in [0.25, 0.3) is 10.1 Å². The lowest BCUT2D eigenvalue weighted by Gasteiger charge is -1.93. The van der Waals surface area contributed by atoms with E-state index in [1.54, 1.807) is 6.07 Å². The number of rotatable bonds is 1. The summed E-state index contributed by atoms with van der Waals surface area (Å²) in [7, 11) is 0. The summed E-state index contributed by atoms with van der Waals surface area (Å²) < 4.78 is 14.1. The van der Waals surface area contributed by atoms with Crippen molar-refractivity contribution in [2.45, 2.75) is 5.88 Å². The molecule has 0 saturated carbocycles. The van der Waals surface area contributed by atoms with Crippen LogP contribution in [-0.4, -0.2) is 0 Å². The maximum Gasteiger partial charge on any atom is 0.158 e. The molecular formula is C10H5ClFNS. The van der Waals surface area contributed by atoms with Gasteiger partial charge in [0, 0.05) is 4.88 Å². The number of alkyl halides is 1. The van der Waals surface area contributed by atoms with Gasteiger partial charge in [0.05, 0.1) is 16.1 Å². The van der Waals surface area contributed by atoms with Crippen LogP contribution in [0, 0.1) is 17.1 Å². The predicted octanol–water partition coefficient (Wildman–Crippen LogP) is 3.65. The molecule has 0 fully saturated rings. The zero-order chi connectivity index (χ0) is 10.1. The molecule has 70 valence electrons. The highest BCUT2D eigenvalue weighted by Gasteiger charge is 2.09. The first-order valence-corrected chi connectivity index (χ1v) is 5.28. The number of fused-ring (bicyclic) bond motifs is 1. The summed E-state index contributed by atoms with van der Waals surface area (Å²) in [6.45, 7) is 0. The molecule has 2 rings (SSSR count). The van der Waals surface area contributed by atoms with Crippen molar-refractivity contribution >= 4 is 33.0 Å². The second-order valence-electron chi connectivity index (χ2n) is 2.80. The highest BCUT2D eigenvalue weighted by molar-refractivity contribution is 7.19. The van der Waals surface area contributed by atoms with Crippen LogP contribution in [0.4, 0.5) is 4.39 Å². The summed E-state index contributed by atoms with van der Waals surface area (Å²) in [5.74, 6) is -0.0629. The number of halogens is 2. The van der Waals surface area contributed by atoms with E-state index in [4.69, 9.17) is 16.9 Å². The molecule has 0 spiro atoms. The van der Waals surface area contributed by atoms with Crippen LogP contribution in [-0.2, 0) is 5.88 Å². The Morgan fingerprint density at radius 3 is 2.93 bits per heavy atom. The third-order valence-electron chi connectivity index (χ3n) is 1.93. The molecule has 0 amide bonds. The minimum absolute atomic E-state index is 0.0838. The molecule has 0 atom stereocenters. The van der Waals surface area contributed by atoms with Crippen LogP contribution in [0.5, 0.6) is 0 Å². The molecule has 1 aromatic heterocycles. The summed E-state index contributed by atoms with van der Waals surface area (Å²) >= 11 is 6.94. The SMILES string of the molecule is N#Cc1ccc2cc(CCl)sc2c1F. The monoisotopic (exact) mass is 225 g/mol. The van der Waals surface area contributed by atoms with E-state index in [2.05, 4.69) is 0 Å². The van der Waals surface area contributed by atoms with Gasteiger partial charge >= 0.3 is 0 Å². The van der Waals surface area contributed by atoms with Gasteiger partial charge < -0.3 is 0 Å². The maximum absolute atomic E-state index is 13.6. The molecule has 1 nitrogen and oxygen atoms in total. The minimum atomic E-state index is -0.439. The second kappa shape index (κ2) is 3.56. The number of benzene rings is 1. The van der Waals surface area contributed by atoms with Gasteiger partial charge in [0.15, 0.2) is 5.82 Å². The van der Waals surface area contributed by atoms with Crippen molar-refractivity contribution in [1.29, 1.82) is 5.26 Å². The van der Waals surface area contributed by atoms with E-state index in [0.29, 0.717) is 10.6 Å². The summed E-state index contributed by atoms with van der Waals surface area (Å²) in [5, 5.41) is 9.44. The first kappa shape index (κ1) is 9.45. The lowest BCUT2D eigenvalue weighted by molar-refractivity contribution is 0.638. The lowest BCUT2D eigenvalue weighted by atomic mass is 10.2. The van der Waals surface area contributed by atoms with E-state index in [0.717, 1.165) is 10.3 Å². The van der Waals surface area contributed by atoms with Gasteiger partial charge in [-0.1, -0.05) is 6.07 Å². The standard InChI is InChI=1S/C10H5ClFNS/c11-4-8-3-6-1-2-7(5-13)9(12)10(6)14-8/h1-3H,4H2. The summed E-state index contributed by atoms with van der Waals surface area (Å²) in [5.41, 5.74) is 0.0838. The molecule has 1 heterocycles. The molecule has 1 aromatic carbocycles. The molecule has 0 unspecified atom stereocenters. The molecule has 2 aromatic rings. The zero-order valence-electron chi connectivity index (χ0n) is 7.05. The fourth-order valence-electron chi connectivity index (χ4n) is 1.27. The van der Waals surface area contributed by atoms with Crippen LogP contribution in [0.1, 0.15) is 10.4 Å². The van der Waals surface area contributed by atoms with Gasteiger partial charge in [0.2, 0.25) is 0 Å². The molecule has 0 bridgehead atoms. The van der Waals surface area contributed by atoms with Crippen molar-refractivity contribution in [2.24, 2.45) is 0 Å². The Morgan fingerprint density at radius 2 is 2.29 bits per heavy atom. The van der Waals surface area contributed by atoms with Crippen LogP contribution in [0.2, 0.25) is 0 Å². The van der Waals surface area contributed by atoms with Crippen LogP contribution in [0.3, 0.4) is 0 Å². The quantitative estimate of drug-likeness (QED) is 0.680. The second-order valence-corrected chi connectivity index (χ2v) is 4.21. The number of thiophene rings is 1. The third-order valence-corrected chi connectivity index (χ3v) is 3.52. The van der Waals surface area contributed by atoms with E-state index in [1.807, 2.05) is 12.1 Å². The van der Waals surface area contributed by atoms with Gasteiger partial charge in [0.25, 0.3) is 0 Å². The molecule has 0 aliphatic carbocycles. The molecular weight excluding hydrogens is 221 g/mol. The van der Waals surface area contributed by atoms with Crippen molar-refractivity contribution in [3.63, 3.8) is 0 Å². The van der Waals surface area contributed by atoms with Crippen molar-refractivity contribution in [1.82, 2.24) is 0 Å². The topological polar surface area (TPSA) is 23.8 Å². The van der Waals surface area contributed by atoms with Crippen molar-refractivity contribution in [3.05, 3.63) is 34.5 Å². The van der Waals surface area contributed by atoms with Gasteiger partial charge in [-0.15, -0.1) is 22.9 Å². The highest BCUT2D eigenvalue weighted by Crippen LogP contribution is 2.30. The minimum Gasteiger partial charge on any atom is -0.204 e. The fraction of sp³-hybridized carbons (Fsp3) is 0.100. The highest BCUT2D eigenvalue weighted by atomic mass is 35.5. The van der Waals surface area contributed by atoms with E-state index >= 15 is 0 Å². The van der Waals surface area contributed by atoms with Crippen LogP contribution >= 0.6 is 22.9 Å². The molecule has 0 radical (unpaired) electrons. The van der Waals surface area contributed by atoms with Crippen molar-refractivity contribution in [2.75, 3.05) is 0 Å². The molecule has 0 aliphatic rings. The summed E-state index contributed by atoms with van der Waals surface area (Å²) in [6, 6.07) is 6.89. The first-order chi connectivity index (χ1) is 6.76. The predicted molar refractivity (Wildman–Crippen MR) is 56.1 cm³/mol. The Kier molecular flexibility index (Phi) is 2.40. The summed E-state index contributed by atoms with van der Waals surface area (Å²) in [6.07, 6.45) is 0. The normalized spacial score (nSPS) is 10.4. The average Bonchev–Trinajstić information content (AvgIpc) is 2.62. The Hall–Kier alpha value is -1.11. The average molecular weight is 226 g/mol. The lowest BCUT2D eigenvalue weighted by Crippen LogP contribution is -1.81. The fourth-order valence-corrected chi connectivity index (χ4v) is 2.46. The Morgan fingerprint density at radius 1 is 1.50 bits per heavy atom. The van der Waals surface area contributed by atoms with E-state index in [-0.39, 0.29) is 5.56 Å². The van der Waals surface area contributed by atoms with Gasteiger partial charge in [-0.05, 0) is 17.5 Å². The molecule has 4 heteroatoms.